The maximum Gasteiger partial charge on any atom is 0.189 e. The molecule has 0 saturated heterocycles. The molecule has 0 aromatic heterocycles. The highest BCUT2D eigenvalue weighted by molar-refractivity contribution is 5.85. The molecule has 0 saturated carbocycles. The van der Waals surface area contributed by atoms with Crippen LogP contribution in [0.15, 0.2) is 36.4 Å². The molecule has 0 heterocycles. The van der Waals surface area contributed by atoms with Gasteiger partial charge in [-0.1, -0.05) is 24.0 Å². The molecule has 0 bridgehead atoms. The van der Waals surface area contributed by atoms with Gasteiger partial charge in [-0.2, -0.15) is 0 Å². The van der Waals surface area contributed by atoms with Crippen molar-refractivity contribution in [3.8, 4) is 17.6 Å². The van der Waals surface area contributed by atoms with Crippen LogP contribution in [0.25, 0.3) is 10.8 Å². The average molecular weight is 256 g/mol. The molecule has 98 valence electrons. The zero-order valence-corrected chi connectivity index (χ0v) is 10.8. The van der Waals surface area contributed by atoms with Crippen molar-refractivity contribution in [3.63, 3.8) is 0 Å². The van der Waals surface area contributed by atoms with E-state index in [2.05, 4.69) is 11.8 Å². The lowest BCUT2D eigenvalue weighted by Crippen LogP contribution is -2.01. The molecule has 0 spiro atoms. The Morgan fingerprint density at radius 1 is 1.11 bits per heavy atom. The van der Waals surface area contributed by atoms with Gasteiger partial charge in [-0.05, 0) is 42.0 Å². The summed E-state index contributed by atoms with van der Waals surface area (Å²) in [6.07, 6.45) is 0. The van der Waals surface area contributed by atoms with E-state index in [9.17, 15) is 0 Å². The van der Waals surface area contributed by atoms with Crippen LogP contribution in [0, 0.1) is 11.8 Å². The maximum absolute atomic E-state index is 8.68. The molecule has 3 heteroatoms. The van der Waals surface area contributed by atoms with Crippen LogP contribution in [-0.2, 0) is 4.74 Å². The Hall–Kier alpha value is -2.02. The predicted molar refractivity (Wildman–Crippen MR) is 75.0 cm³/mol. The molecule has 0 amide bonds. The number of fused-ring (bicyclic) bond motifs is 1. The third-order valence-electron chi connectivity index (χ3n) is 2.64. The molecule has 2 aromatic rings. The lowest BCUT2D eigenvalue weighted by Gasteiger charge is -2.07. The molecule has 3 nitrogen and oxygen atoms in total. The van der Waals surface area contributed by atoms with E-state index in [-0.39, 0.29) is 13.4 Å². The Labute approximate surface area is 112 Å². The van der Waals surface area contributed by atoms with E-state index in [4.69, 9.17) is 14.6 Å². The third kappa shape index (κ3) is 3.72. The van der Waals surface area contributed by atoms with Crippen LogP contribution in [0.2, 0.25) is 0 Å². The molecule has 0 atom stereocenters. The Bertz CT molecular complexity index is 608. The Balaban J connectivity index is 2.20. The molecular formula is C16H16O3. The summed E-state index contributed by atoms with van der Waals surface area (Å²) >= 11 is 0. The van der Waals surface area contributed by atoms with Crippen molar-refractivity contribution in [2.75, 3.05) is 20.0 Å². The van der Waals surface area contributed by atoms with Gasteiger partial charge in [0.2, 0.25) is 0 Å². The van der Waals surface area contributed by atoms with E-state index in [1.807, 2.05) is 43.3 Å². The minimum absolute atomic E-state index is 0.123. The first-order chi connectivity index (χ1) is 9.33. The summed E-state index contributed by atoms with van der Waals surface area (Å²) in [7, 11) is 0. The second-order valence-electron chi connectivity index (χ2n) is 3.94. The van der Waals surface area contributed by atoms with Gasteiger partial charge in [0, 0.05) is 12.2 Å². The van der Waals surface area contributed by atoms with Crippen LogP contribution < -0.4 is 4.74 Å². The zero-order valence-electron chi connectivity index (χ0n) is 10.8. The minimum atomic E-state index is -0.123. The molecular weight excluding hydrogens is 240 g/mol. The molecule has 0 unspecified atom stereocenters. The summed E-state index contributed by atoms with van der Waals surface area (Å²) in [5.74, 6) is 6.32. The zero-order chi connectivity index (χ0) is 13.5. The standard InChI is InChI=1S/C16H16O3/c1-2-18-12-19-16-8-7-14-10-13(4-3-9-17)5-6-15(14)11-16/h5-8,10-11,17H,2,9,12H2,1H3. The first kappa shape index (κ1) is 13.4. The summed E-state index contributed by atoms with van der Waals surface area (Å²) in [4.78, 5) is 0. The van der Waals surface area contributed by atoms with Gasteiger partial charge in [-0.3, -0.25) is 0 Å². The number of benzene rings is 2. The lowest BCUT2D eigenvalue weighted by molar-refractivity contribution is 0.0225. The second-order valence-corrected chi connectivity index (χ2v) is 3.94. The number of hydrogen-bond acceptors (Lipinski definition) is 3. The van der Waals surface area contributed by atoms with E-state index < -0.39 is 0 Å². The summed E-state index contributed by atoms with van der Waals surface area (Å²) < 4.78 is 10.6. The Morgan fingerprint density at radius 2 is 1.89 bits per heavy atom. The first-order valence-electron chi connectivity index (χ1n) is 6.17. The molecule has 2 aromatic carbocycles. The van der Waals surface area contributed by atoms with Crippen LogP contribution in [0.4, 0.5) is 0 Å². The van der Waals surface area contributed by atoms with E-state index in [0.717, 1.165) is 22.1 Å². The van der Waals surface area contributed by atoms with Gasteiger partial charge in [-0.25, -0.2) is 0 Å². The number of rotatable bonds is 4. The van der Waals surface area contributed by atoms with Gasteiger partial charge in [0.05, 0.1) is 0 Å². The summed E-state index contributed by atoms with van der Waals surface area (Å²) in [5, 5.41) is 10.9. The van der Waals surface area contributed by atoms with Crippen LogP contribution in [-0.4, -0.2) is 25.1 Å². The van der Waals surface area contributed by atoms with Crippen LogP contribution in [0.3, 0.4) is 0 Å². The molecule has 0 aliphatic rings. The molecule has 0 radical (unpaired) electrons. The van der Waals surface area contributed by atoms with Gasteiger partial charge < -0.3 is 14.6 Å². The van der Waals surface area contributed by atoms with Crippen molar-refractivity contribution in [3.05, 3.63) is 42.0 Å². The van der Waals surface area contributed by atoms with Crippen LogP contribution in [0.5, 0.6) is 5.75 Å². The van der Waals surface area contributed by atoms with Gasteiger partial charge in [0.1, 0.15) is 12.4 Å². The average Bonchev–Trinajstić information content (AvgIpc) is 2.45. The third-order valence-corrected chi connectivity index (χ3v) is 2.64. The molecule has 1 N–H and O–H groups in total. The van der Waals surface area contributed by atoms with Crippen LogP contribution >= 0.6 is 0 Å². The van der Waals surface area contributed by atoms with Crippen molar-refractivity contribution < 1.29 is 14.6 Å². The largest absolute Gasteiger partial charge is 0.468 e. The Kier molecular flexibility index (Phi) is 4.79. The van der Waals surface area contributed by atoms with E-state index in [0.29, 0.717) is 6.61 Å². The van der Waals surface area contributed by atoms with Crippen molar-refractivity contribution >= 4 is 10.8 Å². The molecule has 2 rings (SSSR count). The Morgan fingerprint density at radius 3 is 2.68 bits per heavy atom. The summed E-state index contributed by atoms with van der Waals surface area (Å²) in [5.41, 5.74) is 0.893. The fourth-order valence-corrected chi connectivity index (χ4v) is 1.73. The maximum atomic E-state index is 8.68. The van der Waals surface area contributed by atoms with Gasteiger partial charge in [-0.15, -0.1) is 0 Å². The molecule has 0 fully saturated rings. The first-order valence-corrected chi connectivity index (χ1v) is 6.17. The van der Waals surface area contributed by atoms with E-state index in [1.165, 1.54) is 0 Å². The minimum Gasteiger partial charge on any atom is -0.468 e. The second kappa shape index (κ2) is 6.79. The summed E-state index contributed by atoms with van der Waals surface area (Å²) in [6, 6.07) is 11.8. The van der Waals surface area contributed by atoms with Gasteiger partial charge in [0.15, 0.2) is 6.79 Å². The highest BCUT2D eigenvalue weighted by Gasteiger charge is 1.98. The van der Waals surface area contributed by atoms with Crippen LogP contribution in [0.1, 0.15) is 12.5 Å². The topological polar surface area (TPSA) is 38.7 Å². The lowest BCUT2D eigenvalue weighted by atomic mass is 10.1. The van der Waals surface area contributed by atoms with Crippen molar-refractivity contribution in [2.24, 2.45) is 0 Å². The highest BCUT2D eigenvalue weighted by Crippen LogP contribution is 2.21. The summed E-state index contributed by atoms with van der Waals surface area (Å²) in [6.45, 7) is 2.71. The molecule has 19 heavy (non-hydrogen) atoms. The monoisotopic (exact) mass is 256 g/mol. The van der Waals surface area contributed by atoms with Crippen molar-refractivity contribution in [2.45, 2.75) is 6.92 Å². The predicted octanol–water partition coefficient (Wildman–Crippen LogP) is 2.56. The fraction of sp³-hybridized carbons (Fsp3) is 0.250. The number of hydrogen-bond donors (Lipinski definition) is 1. The van der Waals surface area contributed by atoms with Gasteiger partial charge in [0.25, 0.3) is 0 Å². The highest BCUT2D eigenvalue weighted by atomic mass is 16.7. The van der Waals surface area contributed by atoms with E-state index >= 15 is 0 Å². The normalized spacial score (nSPS) is 10.0. The van der Waals surface area contributed by atoms with Crippen molar-refractivity contribution in [1.29, 1.82) is 0 Å². The molecule has 0 aliphatic carbocycles. The smallest absolute Gasteiger partial charge is 0.189 e. The number of ether oxygens (including phenoxy) is 2. The molecule has 0 aliphatic heterocycles. The van der Waals surface area contributed by atoms with E-state index in [1.54, 1.807) is 0 Å². The number of aliphatic hydroxyl groups is 1. The fourth-order valence-electron chi connectivity index (χ4n) is 1.73. The van der Waals surface area contributed by atoms with Crippen molar-refractivity contribution in [1.82, 2.24) is 0 Å². The number of aliphatic hydroxyl groups excluding tert-OH is 1. The van der Waals surface area contributed by atoms with Gasteiger partial charge >= 0.3 is 0 Å². The quantitative estimate of drug-likeness (QED) is 0.519. The SMILES string of the molecule is CCOCOc1ccc2cc(C#CCO)ccc2c1.